The molecule has 132 valence electrons. The van der Waals surface area contributed by atoms with E-state index in [1.54, 1.807) is 37.3 Å². The number of hydrogen-bond acceptors (Lipinski definition) is 3. The van der Waals surface area contributed by atoms with Gasteiger partial charge in [-0.2, -0.15) is 0 Å². The highest BCUT2D eigenvalue weighted by molar-refractivity contribution is 8.00. The van der Waals surface area contributed by atoms with Crippen LogP contribution in [0.5, 0.6) is 0 Å². The molecule has 0 radical (unpaired) electrons. The van der Waals surface area contributed by atoms with Crippen molar-refractivity contribution in [1.82, 2.24) is 5.32 Å². The van der Waals surface area contributed by atoms with Crippen molar-refractivity contribution in [2.75, 3.05) is 5.32 Å². The second-order valence-corrected chi connectivity index (χ2v) is 7.64. The van der Waals surface area contributed by atoms with Crippen molar-refractivity contribution in [2.24, 2.45) is 0 Å². The van der Waals surface area contributed by atoms with Crippen LogP contribution in [0.4, 0.5) is 5.69 Å². The zero-order valence-corrected chi connectivity index (χ0v) is 15.9. The van der Waals surface area contributed by atoms with Gasteiger partial charge >= 0.3 is 0 Å². The zero-order valence-electron chi connectivity index (χ0n) is 14.4. The van der Waals surface area contributed by atoms with E-state index in [1.165, 1.54) is 11.8 Å². The third-order valence-corrected chi connectivity index (χ3v) is 4.98. The first-order valence-corrected chi connectivity index (χ1v) is 9.26. The van der Waals surface area contributed by atoms with Crippen LogP contribution in [0.15, 0.2) is 53.4 Å². The molecule has 6 heteroatoms. The first kappa shape index (κ1) is 19.3. The summed E-state index contributed by atoms with van der Waals surface area (Å²) in [7, 11) is 0. The van der Waals surface area contributed by atoms with Gasteiger partial charge in [-0.25, -0.2) is 0 Å². The maximum atomic E-state index is 12.5. The van der Waals surface area contributed by atoms with Gasteiger partial charge in [0.2, 0.25) is 5.91 Å². The molecule has 0 aliphatic carbocycles. The molecule has 0 saturated heterocycles. The second kappa shape index (κ2) is 8.92. The fourth-order valence-corrected chi connectivity index (χ4v) is 3.30. The van der Waals surface area contributed by atoms with Gasteiger partial charge in [0.15, 0.2) is 0 Å². The van der Waals surface area contributed by atoms with E-state index in [2.05, 4.69) is 10.6 Å². The number of carbonyl (C=O) groups is 2. The molecule has 2 amide bonds. The van der Waals surface area contributed by atoms with Crippen LogP contribution in [0.2, 0.25) is 5.02 Å². The molecule has 4 nitrogen and oxygen atoms in total. The van der Waals surface area contributed by atoms with Crippen LogP contribution in [0.3, 0.4) is 0 Å². The summed E-state index contributed by atoms with van der Waals surface area (Å²) in [6.07, 6.45) is 0. The Kier molecular flexibility index (Phi) is 6.91. The molecular formula is C19H21ClN2O2S. The van der Waals surface area contributed by atoms with Crippen molar-refractivity contribution in [3.8, 4) is 0 Å². The highest BCUT2D eigenvalue weighted by Gasteiger charge is 2.19. The van der Waals surface area contributed by atoms with Gasteiger partial charge in [-0.15, -0.1) is 11.8 Å². The number of carbonyl (C=O) groups excluding carboxylic acids is 2. The fraction of sp³-hybridized carbons (Fsp3) is 0.263. The normalized spacial score (nSPS) is 11.9. The number of hydrogen-bond donors (Lipinski definition) is 2. The van der Waals surface area contributed by atoms with E-state index in [9.17, 15) is 9.59 Å². The lowest BCUT2D eigenvalue weighted by atomic mass is 10.1. The first-order valence-electron chi connectivity index (χ1n) is 8.00. The smallest absolute Gasteiger partial charge is 0.253 e. The molecular weight excluding hydrogens is 356 g/mol. The van der Waals surface area contributed by atoms with E-state index < -0.39 is 0 Å². The van der Waals surface area contributed by atoms with Gasteiger partial charge in [0.1, 0.15) is 0 Å². The Balaban J connectivity index is 2.10. The summed E-state index contributed by atoms with van der Waals surface area (Å²) in [4.78, 5) is 25.6. The quantitative estimate of drug-likeness (QED) is 0.724. The largest absolute Gasteiger partial charge is 0.350 e. The summed E-state index contributed by atoms with van der Waals surface area (Å²) in [5.41, 5.74) is 0.941. The lowest BCUT2D eigenvalue weighted by molar-refractivity contribution is -0.115. The van der Waals surface area contributed by atoms with Crippen LogP contribution in [-0.4, -0.2) is 23.1 Å². The monoisotopic (exact) mass is 376 g/mol. The average molecular weight is 377 g/mol. The average Bonchev–Trinajstić information content (AvgIpc) is 2.56. The van der Waals surface area contributed by atoms with Crippen LogP contribution < -0.4 is 10.6 Å². The minimum absolute atomic E-state index is 0.0194. The molecule has 1 unspecified atom stereocenters. The van der Waals surface area contributed by atoms with Gasteiger partial charge in [-0.05, 0) is 45.0 Å². The number of para-hydroxylation sites is 1. The van der Waals surface area contributed by atoms with Crippen molar-refractivity contribution in [3.63, 3.8) is 0 Å². The Hall–Kier alpha value is -1.98. The SMILES string of the molecule is CC(C)NC(=O)c1ccccc1NC(=O)C(C)Sc1ccccc1Cl. The van der Waals surface area contributed by atoms with Crippen LogP contribution in [0, 0.1) is 0 Å². The third-order valence-electron chi connectivity index (χ3n) is 3.36. The summed E-state index contributed by atoms with van der Waals surface area (Å²) in [6, 6.07) is 14.4. The van der Waals surface area contributed by atoms with Crippen LogP contribution in [0.1, 0.15) is 31.1 Å². The van der Waals surface area contributed by atoms with Gasteiger partial charge in [0, 0.05) is 10.9 Å². The molecule has 0 saturated carbocycles. The minimum atomic E-state index is -0.360. The number of anilines is 1. The molecule has 0 aromatic heterocycles. The third kappa shape index (κ3) is 5.51. The van der Waals surface area contributed by atoms with Crippen LogP contribution in [0.25, 0.3) is 0 Å². The van der Waals surface area contributed by atoms with Crippen molar-refractivity contribution >= 4 is 40.9 Å². The number of amides is 2. The summed E-state index contributed by atoms with van der Waals surface area (Å²) in [5.74, 6) is -0.396. The Morgan fingerprint density at radius 2 is 1.64 bits per heavy atom. The zero-order chi connectivity index (χ0) is 18.4. The molecule has 25 heavy (non-hydrogen) atoms. The maximum absolute atomic E-state index is 12.5. The molecule has 0 aliphatic heterocycles. The molecule has 0 heterocycles. The lowest BCUT2D eigenvalue weighted by Crippen LogP contribution is -2.31. The Labute approximate surface area is 157 Å². The molecule has 1 atom stereocenters. The van der Waals surface area contributed by atoms with Crippen molar-refractivity contribution in [3.05, 3.63) is 59.1 Å². The molecule has 2 aromatic rings. The second-order valence-electron chi connectivity index (χ2n) is 5.85. The molecule has 0 aliphatic rings. The van der Waals surface area contributed by atoms with Crippen LogP contribution >= 0.6 is 23.4 Å². The highest BCUT2D eigenvalue weighted by Crippen LogP contribution is 2.30. The number of nitrogens with one attached hydrogen (secondary N) is 2. The maximum Gasteiger partial charge on any atom is 0.253 e. The van der Waals surface area contributed by atoms with Gasteiger partial charge < -0.3 is 10.6 Å². The number of thioether (sulfide) groups is 1. The van der Waals surface area contributed by atoms with Gasteiger partial charge in [0.05, 0.1) is 21.5 Å². The predicted molar refractivity (Wildman–Crippen MR) is 104 cm³/mol. The standard InChI is InChI=1S/C19H21ClN2O2S/c1-12(2)21-19(24)14-8-4-6-10-16(14)22-18(23)13(3)25-17-11-7-5-9-15(17)20/h4-13H,1-3H3,(H,21,24)(H,22,23). The lowest BCUT2D eigenvalue weighted by Gasteiger charge is -2.16. The Morgan fingerprint density at radius 1 is 1.00 bits per heavy atom. The van der Waals surface area contributed by atoms with E-state index >= 15 is 0 Å². The molecule has 0 spiro atoms. The van der Waals surface area contributed by atoms with E-state index in [-0.39, 0.29) is 23.1 Å². The van der Waals surface area contributed by atoms with Crippen LogP contribution in [-0.2, 0) is 4.79 Å². The highest BCUT2D eigenvalue weighted by atomic mass is 35.5. The molecule has 0 fully saturated rings. The predicted octanol–water partition coefficient (Wildman–Crippen LogP) is 4.60. The van der Waals surface area contributed by atoms with E-state index in [1.807, 2.05) is 32.0 Å². The Morgan fingerprint density at radius 3 is 2.32 bits per heavy atom. The number of rotatable bonds is 6. The minimum Gasteiger partial charge on any atom is -0.350 e. The number of halogens is 1. The van der Waals surface area contributed by atoms with Gasteiger partial charge in [0.25, 0.3) is 5.91 Å². The fourth-order valence-electron chi connectivity index (χ4n) is 2.15. The van der Waals surface area contributed by atoms with Gasteiger partial charge in [-0.3, -0.25) is 9.59 Å². The molecule has 2 rings (SSSR count). The van der Waals surface area contributed by atoms with E-state index in [0.29, 0.717) is 16.3 Å². The summed E-state index contributed by atoms with van der Waals surface area (Å²) < 4.78 is 0. The molecule has 2 N–H and O–H groups in total. The summed E-state index contributed by atoms with van der Waals surface area (Å²) in [5, 5.41) is 5.93. The van der Waals surface area contributed by atoms with Gasteiger partial charge in [-0.1, -0.05) is 35.9 Å². The van der Waals surface area contributed by atoms with Crippen molar-refractivity contribution in [2.45, 2.75) is 37.0 Å². The molecule has 2 aromatic carbocycles. The van der Waals surface area contributed by atoms with E-state index in [0.717, 1.165) is 4.90 Å². The number of benzene rings is 2. The van der Waals surface area contributed by atoms with E-state index in [4.69, 9.17) is 11.6 Å². The van der Waals surface area contributed by atoms with Crippen molar-refractivity contribution < 1.29 is 9.59 Å². The molecule has 0 bridgehead atoms. The Bertz CT molecular complexity index is 765. The summed E-state index contributed by atoms with van der Waals surface area (Å²) in [6.45, 7) is 5.59. The van der Waals surface area contributed by atoms with Crippen molar-refractivity contribution in [1.29, 1.82) is 0 Å². The first-order chi connectivity index (χ1) is 11.9. The summed E-state index contributed by atoms with van der Waals surface area (Å²) >= 11 is 7.52. The topological polar surface area (TPSA) is 58.2 Å².